The predicted octanol–water partition coefficient (Wildman–Crippen LogP) is -1.17. The second-order valence-corrected chi connectivity index (χ2v) is 3.81. The van der Waals surface area contributed by atoms with Gasteiger partial charge in [-0.1, -0.05) is 13.8 Å². The van der Waals surface area contributed by atoms with Crippen LogP contribution in [0.25, 0.3) is 0 Å². The van der Waals surface area contributed by atoms with Crippen molar-refractivity contribution in [2.75, 3.05) is 13.2 Å². The topological polar surface area (TPSA) is 95.6 Å². The molecule has 14 heavy (non-hydrogen) atoms. The van der Waals surface area contributed by atoms with Crippen molar-refractivity contribution in [3.63, 3.8) is 0 Å². The number of hydrogen-bond acceptors (Lipinski definition) is 4. The molecule has 84 valence electrons. The second kappa shape index (κ2) is 6.75. The van der Waals surface area contributed by atoms with Crippen molar-refractivity contribution in [1.82, 2.24) is 5.32 Å². The van der Waals surface area contributed by atoms with Crippen LogP contribution in [0, 0.1) is 5.92 Å². The normalized spacial score (nSPS) is 15.3. The van der Waals surface area contributed by atoms with Crippen LogP contribution in [0.4, 0.5) is 0 Å². The van der Waals surface area contributed by atoms with Crippen LogP contribution >= 0.6 is 0 Å². The number of nitrogens with two attached hydrogens (primary N) is 1. The monoisotopic (exact) mass is 204 g/mol. The fourth-order valence-electron chi connectivity index (χ4n) is 1.14. The number of aliphatic hydroxyl groups excluding tert-OH is 2. The van der Waals surface area contributed by atoms with E-state index in [4.69, 9.17) is 15.9 Å². The molecule has 0 heterocycles. The van der Waals surface area contributed by atoms with Gasteiger partial charge in [0.2, 0.25) is 5.91 Å². The van der Waals surface area contributed by atoms with E-state index in [0.717, 1.165) is 0 Å². The highest BCUT2D eigenvalue weighted by Gasteiger charge is 2.17. The number of hydrogen-bond donors (Lipinski definition) is 4. The van der Waals surface area contributed by atoms with Gasteiger partial charge in [0.1, 0.15) is 6.04 Å². The maximum Gasteiger partial charge on any atom is 0.239 e. The maximum absolute atomic E-state index is 11.2. The highest BCUT2D eigenvalue weighted by Crippen LogP contribution is 2.03. The van der Waals surface area contributed by atoms with E-state index in [1.807, 2.05) is 13.8 Å². The number of rotatable bonds is 6. The van der Waals surface area contributed by atoms with Gasteiger partial charge in [0, 0.05) is 0 Å². The first-order valence-electron chi connectivity index (χ1n) is 4.78. The largest absolute Gasteiger partial charge is 0.394 e. The Kier molecular flexibility index (Phi) is 6.44. The van der Waals surface area contributed by atoms with Crippen molar-refractivity contribution in [1.29, 1.82) is 0 Å². The molecule has 0 aromatic carbocycles. The summed E-state index contributed by atoms with van der Waals surface area (Å²) in [5, 5.41) is 20.2. The summed E-state index contributed by atoms with van der Waals surface area (Å²) in [5.74, 6) is -0.0370. The molecule has 0 spiro atoms. The van der Waals surface area contributed by atoms with E-state index in [1.165, 1.54) is 0 Å². The molecule has 0 aromatic rings. The zero-order chi connectivity index (χ0) is 11.1. The minimum atomic E-state index is -0.906. The zero-order valence-corrected chi connectivity index (χ0v) is 8.73. The van der Waals surface area contributed by atoms with Crippen molar-refractivity contribution in [2.24, 2.45) is 11.7 Å². The van der Waals surface area contributed by atoms with Crippen LogP contribution in [0.2, 0.25) is 0 Å². The molecule has 0 aliphatic rings. The van der Waals surface area contributed by atoms with Crippen molar-refractivity contribution < 1.29 is 15.0 Å². The first-order valence-corrected chi connectivity index (χ1v) is 4.78. The molecule has 0 bridgehead atoms. The van der Waals surface area contributed by atoms with Crippen LogP contribution in [-0.4, -0.2) is 41.4 Å². The van der Waals surface area contributed by atoms with E-state index < -0.39 is 11.9 Å². The molecule has 0 aromatic heterocycles. The molecule has 0 saturated carbocycles. The van der Waals surface area contributed by atoms with E-state index in [1.54, 1.807) is 0 Å². The number of amides is 1. The number of nitrogens with one attached hydrogen (secondary N) is 1. The van der Waals surface area contributed by atoms with Gasteiger partial charge >= 0.3 is 0 Å². The SMILES string of the molecule is CC(C)C[C@@H](CO)NC(=O)[C@@H](N)CO. The lowest BCUT2D eigenvalue weighted by molar-refractivity contribution is -0.124. The van der Waals surface area contributed by atoms with Gasteiger partial charge in [-0.3, -0.25) is 4.79 Å². The molecule has 0 aliphatic carbocycles. The Bertz CT molecular complexity index is 173. The van der Waals surface area contributed by atoms with Gasteiger partial charge in [0.05, 0.1) is 19.3 Å². The van der Waals surface area contributed by atoms with Crippen LogP contribution in [0.5, 0.6) is 0 Å². The van der Waals surface area contributed by atoms with Gasteiger partial charge in [-0.15, -0.1) is 0 Å². The standard InChI is InChI=1S/C9H20N2O3/c1-6(2)3-7(4-12)11-9(14)8(10)5-13/h6-8,12-13H,3-5,10H2,1-2H3,(H,11,14)/t7-,8-/m0/s1. The summed E-state index contributed by atoms with van der Waals surface area (Å²) in [4.78, 5) is 11.2. The summed E-state index contributed by atoms with van der Waals surface area (Å²) >= 11 is 0. The van der Waals surface area contributed by atoms with Crippen molar-refractivity contribution in [2.45, 2.75) is 32.4 Å². The molecule has 0 saturated heterocycles. The average molecular weight is 204 g/mol. The molecular formula is C9H20N2O3. The fraction of sp³-hybridized carbons (Fsp3) is 0.889. The van der Waals surface area contributed by atoms with Crippen LogP contribution < -0.4 is 11.1 Å². The third-order valence-corrected chi connectivity index (χ3v) is 1.86. The number of carbonyl (C=O) groups is 1. The lowest BCUT2D eigenvalue weighted by Gasteiger charge is -2.19. The molecular weight excluding hydrogens is 184 g/mol. The minimum Gasteiger partial charge on any atom is -0.394 e. The molecule has 5 N–H and O–H groups in total. The minimum absolute atomic E-state index is 0.109. The second-order valence-electron chi connectivity index (χ2n) is 3.81. The smallest absolute Gasteiger partial charge is 0.239 e. The lowest BCUT2D eigenvalue weighted by atomic mass is 10.0. The molecule has 5 nitrogen and oxygen atoms in total. The van der Waals surface area contributed by atoms with Crippen molar-refractivity contribution in [3.05, 3.63) is 0 Å². The first kappa shape index (κ1) is 13.4. The Morgan fingerprint density at radius 2 is 1.93 bits per heavy atom. The molecule has 5 heteroatoms. The molecule has 1 amide bonds. The summed E-state index contributed by atoms with van der Waals surface area (Å²) < 4.78 is 0. The quantitative estimate of drug-likeness (QED) is 0.438. The summed E-state index contributed by atoms with van der Waals surface area (Å²) in [6, 6.07) is -1.18. The first-order chi connectivity index (χ1) is 6.51. The summed E-state index contributed by atoms with van der Waals surface area (Å²) in [7, 11) is 0. The Morgan fingerprint density at radius 1 is 1.36 bits per heavy atom. The van der Waals surface area contributed by atoms with Crippen LogP contribution in [-0.2, 0) is 4.79 Å². The Balaban J connectivity index is 3.98. The van der Waals surface area contributed by atoms with Gasteiger partial charge in [0.25, 0.3) is 0 Å². The molecule has 0 radical (unpaired) electrons. The average Bonchev–Trinajstić information content (AvgIpc) is 2.14. The molecule has 2 atom stereocenters. The number of aliphatic hydroxyl groups is 2. The highest BCUT2D eigenvalue weighted by molar-refractivity contribution is 5.81. The third kappa shape index (κ3) is 5.16. The van der Waals surface area contributed by atoms with Crippen molar-refractivity contribution in [3.8, 4) is 0 Å². The van der Waals surface area contributed by atoms with Gasteiger partial charge in [-0.05, 0) is 12.3 Å². The van der Waals surface area contributed by atoms with Gasteiger partial charge in [-0.2, -0.15) is 0 Å². The van der Waals surface area contributed by atoms with Crippen LogP contribution in [0.1, 0.15) is 20.3 Å². The lowest BCUT2D eigenvalue weighted by Crippen LogP contribution is -2.48. The van der Waals surface area contributed by atoms with Gasteiger partial charge < -0.3 is 21.3 Å². The summed E-state index contributed by atoms with van der Waals surface area (Å²) in [5.41, 5.74) is 5.31. The molecule has 0 fully saturated rings. The van der Waals surface area contributed by atoms with Gasteiger partial charge in [0.15, 0.2) is 0 Å². The molecule has 0 rings (SSSR count). The Morgan fingerprint density at radius 3 is 2.29 bits per heavy atom. The Labute approximate surface area is 84.3 Å². The number of carbonyl (C=O) groups excluding carboxylic acids is 1. The molecule has 0 unspecified atom stereocenters. The summed E-state index contributed by atoms with van der Waals surface area (Å²) in [6.07, 6.45) is 0.695. The van der Waals surface area contributed by atoms with E-state index in [9.17, 15) is 4.79 Å². The Hall–Kier alpha value is -0.650. The molecule has 0 aliphatic heterocycles. The van der Waals surface area contributed by atoms with Crippen LogP contribution in [0.3, 0.4) is 0 Å². The van der Waals surface area contributed by atoms with E-state index in [2.05, 4.69) is 5.32 Å². The highest BCUT2D eigenvalue weighted by atomic mass is 16.3. The van der Waals surface area contributed by atoms with Crippen LogP contribution in [0.15, 0.2) is 0 Å². The van der Waals surface area contributed by atoms with Crippen molar-refractivity contribution >= 4 is 5.91 Å². The van der Waals surface area contributed by atoms with E-state index in [0.29, 0.717) is 12.3 Å². The van der Waals surface area contributed by atoms with E-state index >= 15 is 0 Å². The van der Waals surface area contributed by atoms with Gasteiger partial charge in [-0.25, -0.2) is 0 Å². The fourth-order valence-corrected chi connectivity index (χ4v) is 1.14. The zero-order valence-electron chi connectivity index (χ0n) is 8.73. The maximum atomic E-state index is 11.2. The third-order valence-electron chi connectivity index (χ3n) is 1.86. The predicted molar refractivity (Wildman–Crippen MR) is 53.5 cm³/mol. The summed E-state index contributed by atoms with van der Waals surface area (Å²) in [6.45, 7) is 3.51. The van der Waals surface area contributed by atoms with E-state index in [-0.39, 0.29) is 19.3 Å².